The zero-order valence-electron chi connectivity index (χ0n) is 9.53. The van der Waals surface area contributed by atoms with Crippen molar-refractivity contribution in [3.05, 3.63) is 28.8 Å². The van der Waals surface area contributed by atoms with E-state index in [-0.39, 0.29) is 18.2 Å². The Labute approximate surface area is 94.7 Å². The van der Waals surface area contributed by atoms with E-state index in [1.807, 2.05) is 13.0 Å². The first-order valence-corrected chi connectivity index (χ1v) is 5.20. The molecule has 0 bridgehead atoms. The predicted octanol–water partition coefficient (Wildman–Crippen LogP) is 1.87. The number of carbonyl (C=O) groups is 1. The summed E-state index contributed by atoms with van der Waals surface area (Å²) in [5.41, 5.74) is 8.23. The van der Waals surface area contributed by atoms with E-state index in [0.29, 0.717) is 6.42 Å². The zero-order valence-corrected chi connectivity index (χ0v) is 9.53. The highest BCUT2D eigenvalue weighted by Gasteiger charge is 2.13. The van der Waals surface area contributed by atoms with Crippen LogP contribution >= 0.6 is 0 Å². The first kappa shape index (κ1) is 12.5. The van der Waals surface area contributed by atoms with Crippen molar-refractivity contribution in [2.75, 3.05) is 0 Å². The van der Waals surface area contributed by atoms with Crippen LogP contribution < -0.4 is 5.73 Å². The summed E-state index contributed by atoms with van der Waals surface area (Å²) in [7, 11) is 0. The van der Waals surface area contributed by atoms with E-state index < -0.39 is 5.97 Å². The summed E-state index contributed by atoms with van der Waals surface area (Å²) in [6, 6.07) is 3.29. The molecule has 1 aromatic rings. The van der Waals surface area contributed by atoms with Crippen molar-refractivity contribution >= 4 is 5.97 Å². The van der Waals surface area contributed by atoms with Gasteiger partial charge in [0.15, 0.2) is 0 Å². The van der Waals surface area contributed by atoms with Gasteiger partial charge >= 0.3 is 5.97 Å². The fourth-order valence-corrected chi connectivity index (χ4v) is 1.69. The van der Waals surface area contributed by atoms with Crippen LogP contribution in [0.1, 0.15) is 35.6 Å². The van der Waals surface area contributed by atoms with Gasteiger partial charge in [-0.15, -0.1) is 0 Å². The van der Waals surface area contributed by atoms with Gasteiger partial charge < -0.3 is 15.9 Å². The lowest BCUT2D eigenvalue weighted by atomic mass is 9.96. The summed E-state index contributed by atoms with van der Waals surface area (Å²) < 4.78 is 0. The lowest BCUT2D eigenvalue weighted by molar-refractivity contribution is -0.137. The highest BCUT2D eigenvalue weighted by molar-refractivity contribution is 5.66. The van der Waals surface area contributed by atoms with E-state index in [1.165, 1.54) is 0 Å². The number of aryl methyl sites for hydroxylation is 1. The van der Waals surface area contributed by atoms with Crippen LogP contribution in [0.3, 0.4) is 0 Å². The summed E-state index contributed by atoms with van der Waals surface area (Å²) in [6.07, 6.45) is 0.411. The molecule has 88 valence electrons. The molecule has 0 radical (unpaired) electrons. The predicted molar refractivity (Wildman–Crippen MR) is 61.4 cm³/mol. The van der Waals surface area contributed by atoms with Crippen molar-refractivity contribution in [1.82, 2.24) is 0 Å². The third-order valence-electron chi connectivity index (χ3n) is 2.74. The smallest absolute Gasteiger partial charge is 0.303 e. The number of phenols is 1. The van der Waals surface area contributed by atoms with Gasteiger partial charge in [0.05, 0.1) is 0 Å². The number of aliphatic carboxylic acids is 1. The van der Waals surface area contributed by atoms with Gasteiger partial charge in [0, 0.05) is 12.5 Å². The minimum Gasteiger partial charge on any atom is -0.507 e. The molecule has 0 aliphatic rings. The number of nitrogens with two attached hydrogens (primary N) is 1. The van der Waals surface area contributed by atoms with Crippen molar-refractivity contribution in [2.45, 2.75) is 32.7 Å². The third kappa shape index (κ3) is 2.73. The van der Waals surface area contributed by atoms with Crippen LogP contribution in [-0.4, -0.2) is 16.2 Å². The number of carboxylic acid groups (broad SMARTS) is 1. The van der Waals surface area contributed by atoms with Crippen LogP contribution in [0.2, 0.25) is 0 Å². The molecular weight excluding hydrogens is 206 g/mol. The Kier molecular flexibility index (Phi) is 3.90. The van der Waals surface area contributed by atoms with E-state index in [0.717, 1.165) is 16.7 Å². The molecule has 0 spiro atoms. The maximum atomic E-state index is 10.4. The highest BCUT2D eigenvalue weighted by atomic mass is 16.4. The topological polar surface area (TPSA) is 83.6 Å². The van der Waals surface area contributed by atoms with Gasteiger partial charge in [-0.1, -0.05) is 12.1 Å². The van der Waals surface area contributed by atoms with Crippen LogP contribution in [0.5, 0.6) is 5.75 Å². The molecule has 0 saturated carbocycles. The Morgan fingerprint density at radius 1 is 1.44 bits per heavy atom. The summed E-state index contributed by atoms with van der Waals surface area (Å²) in [5.74, 6) is -0.618. The Morgan fingerprint density at radius 2 is 2.06 bits per heavy atom. The van der Waals surface area contributed by atoms with E-state index >= 15 is 0 Å². The number of rotatable bonds is 4. The fraction of sp³-hybridized carbons (Fsp3) is 0.417. The molecule has 1 rings (SSSR count). The van der Waals surface area contributed by atoms with Gasteiger partial charge in [-0.25, -0.2) is 0 Å². The van der Waals surface area contributed by atoms with Crippen molar-refractivity contribution in [3.63, 3.8) is 0 Å². The third-order valence-corrected chi connectivity index (χ3v) is 2.74. The second-order valence-corrected chi connectivity index (χ2v) is 3.98. The molecule has 0 aliphatic heterocycles. The maximum Gasteiger partial charge on any atom is 0.303 e. The molecule has 1 atom stereocenters. The first-order chi connectivity index (χ1) is 7.43. The average Bonchev–Trinajstić information content (AvgIpc) is 2.23. The molecule has 16 heavy (non-hydrogen) atoms. The number of benzene rings is 1. The lowest BCUT2D eigenvalue weighted by Gasteiger charge is -2.15. The van der Waals surface area contributed by atoms with Gasteiger partial charge in [0.2, 0.25) is 0 Å². The highest BCUT2D eigenvalue weighted by Crippen LogP contribution is 2.29. The average molecular weight is 223 g/mol. The van der Waals surface area contributed by atoms with E-state index in [9.17, 15) is 9.90 Å². The summed E-state index contributed by atoms with van der Waals surface area (Å²) in [6.45, 7) is 3.60. The summed E-state index contributed by atoms with van der Waals surface area (Å²) >= 11 is 0. The molecule has 4 heteroatoms. The minimum atomic E-state index is -0.857. The molecule has 1 aromatic carbocycles. The monoisotopic (exact) mass is 223 g/mol. The SMILES string of the molecule is Cc1ccc(C(N)CCC(=O)O)c(C)c1O. The largest absolute Gasteiger partial charge is 0.507 e. The quantitative estimate of drug-likeness (QED) is 0.727. The molecule has 0 fully saturated rings. The van der Waals surface area contributed by atoms with E-state index in [2.05, 4.69) is 0 Å². The Balaban J connectivity index is 2.87. The Morgan fingerprint density at radius 3 is 2.62 bits per heavy atom. The summed E-state index contributed by atoms with van der Waals surface area (Å²) in [4.78, 5) is 10.4. The molecule has 0 heterocycles. The van der Waals surface area contributed by atoms with Crippen LogP contribution in [0.15, 0.2) is 12.1 Å². The molecular formula is C12H17NO3. The molecule has 4 nitrogen and oxygen atoms in total. The van der Waals surface area contributed by atoms with E-state index in [4.69, 9.17) is 10.8 Å². The Bertz CT molecular complexity index is 401. The van der Waals surface area contributed by atoms with Crippen molar-refractivity contribution in [2.24, 2.45) is 5.73 Å². The second-order valence-electron chi connectivity index (χ2n) is 3.98. The maximum absolute atomic E-state index is 10.4. The molecule has 0 amide bonds. The number of phenolic OH excluding ortho intramolecular Hbond substituents is 1. The molecule has 0 aromatic heterocycles. The normalized spacial score (nSPS) is 12.4. The number of carboxylic acids is 1. The first-order valence-electron chi connectivity index (χ1n) is 5.20. The van der Waals surface area contributed by atoms with Crippen LogP contribution in [0.25, 0.3) is 0 Å². The minimum absolute atomic E-state index is 0.0369. The van der Waals surface area contributed by atoms with Gasteiger partial charge in [-0.2, -0.15) is 0 Å². The van der Waals surface area contributed by atoms with Crippen molar-refractivity contribution < 1.29 is 15.0 Å². The van der Waals surface area contributed by atoms with Gasteiger partial charge in [0.1, 0.15) is 5.75 Å². The molecule has 0 saturated heterocycles. The number of hydrogen-bond donors (Lipinski definition) is 3. The van der Waals surface area contributed by atoms with Gasteiger partial charge in [0.25, 0.3) is 0 Å². The zero-order chi connectivity index (χ0) is 12.3. The standard InChI is InChI=1S/C12H17NO3/c1-7-3-4-9(8(2)12(7)16)10(13)5-6-11(14)15/h3-4,10,16H,5-6,13H2,1-2H3,(H,14,15). The van der Waals surface area contributed by atoms with Crippen molar-refractivity contribution in [1.29, 1.82) is 0 Å². The number of hydrogen-bond acceptors (Lipinski definition) is 3. The van der Waals surface area contributed by atoms with Gasteiger partial charge in [-0.3, -0.25) is 4.79 Å². The van der Waals surface area contributed by atoms with Crippen LogP contribution in [-0.2, 0) is 4.79 Å². The van der Waals surface area contributed by atoms with Crippen LogP contribution in [0, 0.1) is 13.8 Å². The molecule has 4 N–H and O–H groups in total. The molecule has 0 aliphatic carbocycles. The van der Waals surface area contributed by atoms with Crippen LogP contribution in [0.4, 0.5) is 0 Å². The van der Waals surface area contributed by atoms with E-state index in [1.54, 1.807) is 13.0 Å². The van der Waals surface area contributed by atoms with Crippen molar-refractivity contribution in [3.8, 4) is 5.75 Å². The molecule has 1 unspecified atom stereocenters. The Hall–Kier alpha value is -1.55. The van der Waals surface area contributed by atoms with Gasteiger partial charge in [-0.05, 0) is 37.0 Å². The fourth-order valence-electron chi connectivity index (χ4n) is 1.69. The summed E-state index contributed by atoms with van der Waals surface area (Å²) in [5, 5.41) is 18.3. The lowest BCUT2D eigenvalue weighted by Crippen LogP contribution is -2.13. The second kappa shape index (κ2) is 4.99. The number of aromatic hydroxyl groups is 1.